The van der Waals surface area contributed by atoms with Crippen LogP contribution in [0.25, 0.3) is 0 Å². The number of methoxy groups -OCH3 is 1. The van der Waals surface area contributed by atoms with Crippen LogP contribution in [0, 0.1) is 6.92 Å². The van der Waals surface area contributed by atoms with Crippen molar-refractivity contribution >= 4 is 17.4 Å². The van der Waals surface area contributed by atoms with Crippen LogP contribution in [-0.2, 0) is 0 Å². The molecule has 2 aromatic carbocycles. The number of Topliss-reactive ketones (excluding diaryl/α,β-unsaturated/α-hetero) is 1. The Morgan fingerprint density at radius 2 is 1.81 bits per heavy atom. The van der Waals surface area contributed by atoms with Gasteiger partial charge in [-0.1, -0.05) is 11.6 Å². The lowest BCUT2D eigenvalue weighted by atomic mass is 10.1. The van der Waals surface area contributed by atoms with E-state index >= 15 is 0 Å². The van der Waals surface area contributed by atoms with Gasteiger partial charge in [-0.25, -0.2) is 0 Å². The minimum Gasteiger partial charge on any atom is -0.497 e. The van der Waals surface area contributed by atoms with Crippen LogP contribution in [0.2, 0.25) is 5.02 Å². The number of rotatable bonds is 5. The predicted molar refractivity (Wildman–Crippen MR) is 83.6 cm³/mol. The fourth-order valence-corrected chi connectivity index (χ4v) is 2.21. The third-order valence-electron chi connectivity index (χ3n) is 3.18. The van der Waals surface area contributed by atoms with E-state index < -0.39 is 6.10 Å². The van der Waals surface area contributed by atoms with Crippen molar-refractivity contribution in [2.45, 2.75) is 20.0 Å². The van der Waals surface area contributed by atoms with Crippen molar-refractivity contribution in [1.82, 2.24) is 0 Å². The molecule has 0 heterocycles. The van der Waals surface area contributed by atoms with E-state index in [4.69, 9.17) is 21.1 Å². The monoisotopic (exact) mass is 304 g/mol. The van der Waals surface area contributed by atoms with Gasteiger partial charge in [-0.3, -0.25) is 4.79 Å². The van der Waals surface area contributed by atoms with E-state index in [2.05, 4.69) is 0 Å². The normalized spacial score (nSPS) is 11.8. The highest BCUT2D eigenvalue weighted by atomic mass is 35.5. The molecule has 1 atom stereocenters. The van der Waals surface area contributed by atoms with E-state index in [1.807, 2.05) is 13.0 Å². The van der Waals surface area contributed by atoms with Crippen molar-refractivity contribution in [3.05, 3.63) is 58.6 Å². The van der Waals surface area contributed by atoms with E-state index in [-0.39, 0.29) is 5.78 Å². The fourth-order valence-electron chi connectivity index (χ4n) is 1.98. The van der Waals surface area contributed by atoms with E-state index in [1.165, 1.54) is 0 Å². The Morgan fingerprint density at radius 1 is 1.14 bits per heavy atom. The SMILES string of the molecule is COc1ccc(C(=O)C(C)Oc2ccc(Cl)cc2C)cc1. The number of carbonyl (C=O) groups is 1. The molecule has 0 amide bonds. The first-order valence-electron chi connectivity index (χ1n) is 6.62. The topological polar surface area (TPSA) is 35.5 Å². The Bertz CT molecular complexity index is 635. The average molecular weight is 305 g/mol. The third-order valence-corrected chi connectivity index (χ3v) is 3.42. The maximum atomic E-state index is 12.3. The van der Waals surface area contributed by atoms with Gasteiger partial charge in [0, 0.05) is 10.6 Å². The molecule has 0 spiro atoms. The zero-order valence-corrected chi connectivity index (χ0v) is 13.0. The second kappa shape index (κ2) is 6.64. The summed E-state index contributed by atoms with van der Waals surface area (Å²) in [6.07, 6.45) is -0.571. The van der Waals surface area contributed by atoms with E-state index in [0.717, 1.165) is 5.56 Å². The number of aryl methyl sites for hydroxylation is 1. The Morgan fingerprint density at radius 3 is 2.38 bits per heavy atom. The maximum absolute atomic E-state index is 12.3. The number of ether oxygens (including phenoxy) is 2. The molecule has 0 fully saturated rings. The van der Waals surface area contributed by atoms with Crippen LogP contribution >= 0.6 is 11.6 Å². The molecule has 2 rings (SSSR count). The van der Waals surface area contributed by atoms with Crippen LogP contribution in [0.1, 0.15) is 22.8 Å². The molecule has 1 unspecified atom stereocenters. The van der Waals surface area contributed by atoms with E-state index in [9.17, 15) is 4.79 Å². The quantitative estimate of drug-likeness (QED) is 0.772. The van der Waals surface area contributed by atoms with Gasteiger partial charge >= 0.3 is 0 Å². The molecule has 0 aliphatic rings. The van der Waals surface area contributed by atoms with Crippen molar-refractivity contribution in [2.24, 2.45) is 0 Å². The maximum Gasteiger partial charge on any atom is 0.202 e. The molecular weight excluding hydrogens is 288 g/mol. The lowest BCUT2D eigenvalue weighted by Crippen LogP contribution is -2.24. The number of hydrogen-bond donors (Lipinski definition) is 0. The Labute approximate surface area is 129 Å². The summed E-state index contributed by atoms with van der Waals surface area (Å²) in [7, 11) is 1.59. The second-order valence-electron chi connectivity index (χ2n) is 4.76. The molecule has 0 aliphatic carbocycles. The molecule has 4 heteroatoms. The summed E-state index contributed by atoms with van der Waals surface area (Å²) in [6, 6.07) is 12.3. The number of halogens is 1. The van der Waals surface area contributed by atoms with Crippen molar-refractivity contribution in [2.75, 3.05) is 7.11 Å². The standard InChI is InChI=1S/C17H17ClO3/c1-11-10-14(18)6-9-16(11)21-12(2)17(19)13-4-7-15(20-3)8-5-13/h4-10,12H,1-3H3. The summed E-state index contributed by atoms with van der Waals surface area (Å²) in [5.74, 6) is 1.30. The van der Waals surface area contributed by atoms with Gasteiger partial charge in [0.15, 0.2) is 6.10 Å². The summed E-state index contributed by atoms with van der Waals surface area (Å²) in [4.78, 5) is 12.3. The van der Waals surface area contributed by atoms with E-state index in [1.54, 1.807) is 50.4 Å². The molecule has 0 aromatic heterocycles. The molecule has 0 bridgehead atoms. The number of hydrogen-bond acceptors (Lipinski definition) is 3. The van der Waals surface area contributed by atoms with Crippen LogP contribution in [0.4, 0.5) is 0 Å². The molecule has 0 saturated heterocycles. The largest absolute Gasteiger partial charge is 0.497 e. The molecule has 2 aromatic rings. The molecule has 21 heavy (non-hydrogen) atoms. The number of benzene rings is 2. The third kappa shape index (κ3) is 3.76. The van der Waals surface area contributed by atoms with Gasteiger partial charge < -0.3 is 9.47 Å². The molecule has 3 nitrogen and oxygen atoms in total. The summed E-state index contributed by atoms with van der Waals surface area (Å²) < 4.78 is 10.8. The predicted octanol–water partition coefficient (Wildman–Crippen LogP) is 4.31. The lowest BCUT2D eigenvalue weighted by Gasteiger charge is -2.15. The molecule has 0 aliphatic heterocycles. The molecule has 0 N–H and O–H groups in total. The highest BCUT2D eigenvalue weighted by molar-refractivity contribution is 6.30. The van der Waals surface area contributed by atoms with E-state index in [0.29, 0.717) is 22.1 Å². The minimum atomic E-state index is -0.571. The van der Waals surface area contributed by atoms with Crippen LogP contribution < -0.4 is 9.47 Å². The van der Waals surface area contributed by atoms with Crippen molar-refractivity contribution < 1.29 is 14.3 Å². The van der Waals surface area contributed by atoms with Gasteiger partial charge in [0.1, 0.15) is 11.5 Å². The average Bonchev–Trinajstić information content (AvgIpc) is 2.49. The van der Waals surface area contributed by atoms with Crippen LogP contribution in [-0.4, -0.2) is 19.0 Å². The summed E-state index contributed by atoms with van der Waals surface area (Å²) in [5, 5.41) is 0.647. The first-order chi connectivity index (χ1) is 10.0. The summed E-state index contributed by atoms with van der Waals surface area (Å²) in [6.45, 7) is 3.63. The Balaban J connectivity index is 2.11. The van der Waals surface area contributed by atoms with Crippen LogP contribution in [0.3, 0.4) is 0 Å². The van der Waals surface area contributed by atoms with Gasteiger partial charge in [-0.05, 0) is 61.9 Å². The van der Waals surface area contributed by atoms with Gasteiger partial charge in [0.25, 0.3) is 0 Å². The molecule has 0 saturated carbocycles. The number of carbonyl (C=O) groups excluding carboxylic acids is 1. The summed E-state index contributed by atoms with van der Waals surface area (Å²) in [5.41, 5.74) is 1.49. The fraction of sp³-hybridized carbons (Fsp3) is 0.235. The second-order valence-corrected chi connectivity index (χ2v) is 5.20. The zero-order valence-electron chi connectivity index (χ0n) is 12.2. The smallest absolute Gasteiger partial charge is 0.202 e. The lowest BCUT2D eigenvalue weighted by molar-refractivity contribution is 0.0817. The van der Waals surface area contributed by atoms with Gasteiger partial charge in [0.2, 0.25) is 5.78 Å². The zero-order chi connectivity index (χ0) is 15.4. The molecular formula is C17H17ClO3. The van der Waals surface area contributed by atoms with Gasteiger partial charge in [-0.2, -0.15) is 0 Å². The first-order valence-corrected chi connectivity index (χ1v) is 7.00. The molecule has 0 radical (unpaired) electrons. The summed E-state index contributed by atoms with van der Waals surface area (Å²) >= 11 is 5.91. The van der Waals surface area contributed by atoms with Crippen molar-refractivity contribution in [1.29, 1.82) is 0 Å². The Kier molecular flexibility index (Phi) is 4.86. The first kappa shape index (κ1) is 15.4. The molecule has 110 valence electrons. The van der Waals surface area contributed by atoms with Crippen molar-refractivity contribution in [3.63, 3.8) is 0 Å². The van der Waals surface area contributed by atoms with Gasteiger partial charge in [0.05, 0.1) is 7.11 Å². The van der Waals surface area contributed by atoms with Crippen LogP contribution in [0.15, 0.2) is 42.5 Å². The number of ketones is 1. The van der Waals surface area contributed by atoms with Crippen LogP contribution in [0.5, 0.6) is 11.5 Å². The minimum absolute atomic E-state index is 0.0768. The Hall–Kier alpha value is -2.00. The highest BCUT2D eigenvalue weighted by Crippen LogP contribution is 2.23. The van der Waals surface area contributed by atoms with Crippen molar-refractivity contribution in [3.8, 4) is 11.5 Å². The van der Waals surface area contributed by atoms with Gasteiger partial charge in [-0.15, -0.1) is 0 Å². The highest BCUT2D eigenvalue weighted by Gasteiger charge is 2.17.